The molecule has 0 radical (unpaired) electrons. The van der Waals surface area contributed by atoms with Crippen molar-refractivity contribution in [3.05, 3.63) is 42.2 Å². The SMILES string of the molecule is N#Cc1cn(CC(=O)O)cc1-c1cccc(SC(F)(F)F)c1. The van der Waals surface area contributed by atoms with Gasteiger partial charge in [0.1, 0.15) is 12.6 Å². The molecule has 0 spiro atoms. The van der Waals surface area contributed by atoms with E-state index in [1.165, 1.54) is 35.2 Å². The van der Waals surface area contributed by atoms with Gasteiger partial charge in [0.15, 0.2) is 0 Å². The number of nitriles is 1. The van der Waals surface area contributed by atoms with Gasteiger partial charge in [-0.2, -0.15) is 18.4 Å². The van der Waals surface area contributed by atoms with E-state index < -0.39 is 11.5 Å². The summed E-state index contributed by atoms with van der Waals surface area (Å²) in [4.78, 5) is 10.7. The zero-order chi connectivity index (χ0) is 16.3. The van der Waals surface area contributed by atoms with E-state index in [4.69, 9.17) is 10.4 Å². The Hall–Kier alpha value is -2.40. The van der Waals surface area contributed by atoms with Crippen LogP contribution in [0.5, 0.6) is 0 Å². The number of thioether (sulfide) groups is 1. The molecule has 0 aliphatic carbocycles. The number of rotatable bonds is 4. The molecule has 0 bridgehead atoms. The lowest BCUT2D eigenvalue weighted by Crippen LogP contribution is -2.06. The summed E-state index contributed by atoms with van der Waals surface area (Å²) in [6.45, 7) is -0.328. The van der Waals surface area contributed by atoms with Crippen LogP contribution in [0.1, 0.15) is 5.56 Å². The Bertz CT molecular complexity index is 747. The summed E-state index contributed by atoms with van der Waals surface area (Å²) in [7, 11) is 0. The van der Waals surface area contributed by atoms with E-state index in [2.05, 4.69) is 0 Å². The summed E-state index contributed by atoms with van der Waals surface area (Å²) in [5, 5.41) is 17.8. The number of nitrogens with zero attached hydrogens (tertiary/aromatic N) is 2. The molecule has 4 nitrogen and oxygen atoms in total. The van der Waals surface area contributed by atoms with E-state index >= 15 is 0 Å². The molecule has 0 unspecified atom stereocenters. The fourth-order valence-corrected chi connectivity index (χ4v) is 2.54. The highest BCUT2D eigenvalue weighted by Crippen LogP contribution is 2.38. The molecule has 2 rings (SSSR count). The zero-order valence-electron chi connectivity index (χ0n) is 11.0. The van der Waals surface area contributed by atoms with Gasteiger partial charge < -0.3 is 9.67 Å². The number of hydrogen-bond donors (Lipinski definition) is 1. The summed E-state index contributed by atoms with van der Waals surface area (Å²) < 4.78 is 38.5. The maximum absolute atomic E-state index is 12.4. The molecular formula is C14H9F3N2O2S. The zero-order valence-corrected chi connectivity index (χ0v) is 11.8. The lowest BCUT2D eigenvalue weighted by molar-refractivity contribution is -0.137. The number of alkyl halides is 3. The average Bonchev–Trinajstić information content (AvgIpc) is 2.79. The van der Waals surface area contributed by atoms with Crippen LogP contribution in [-0.4, -0.2) is 21.2 Å². The van der Waals surface area contributed by atoms with Gasteiger partial charge in [0.25, 0.3) is 0 Å². The van der Waals surface area contributed by atoms with Gasteiger partial charge >= 0.3 is 11.5 Å². The minimum Gasteiger partial charge on any atom is -0.480 e. The number of carboxylic acids is 1. The fraction of sp³-hybridized carbons (Fsp3) is 0.143. The van der Waals surface area contributed by atoms with Crippen LogP contribution in [-0.2, 0) is 11.3 Å². The second-order valence-corrected chi connectivity index (χ2v) is 5.48. The molecule has 0 atom stereocenters. The van der Waals surface area contributed by atoms with E-state index in [1.807, 2.05) is 6.07 Å². The van der Waals surface area contributed by atoms with E-state index in [0.29, 0.717) is 11.1 Å². The third-order valence-corrected chi connectivity index (χ3v) is 3.42. The molecule has 0 aliphatic heterocycles. The molecule has 1 heterocycles. The van der Waals surface area contributed by atoms with Crippen LogP contribution in [0.4, 0.5) is 13.2 Å². The average molecular weight is 326 g/mol. The van der Waals surface area contributed by atoms with Gasteiger partial charge in [-0.1, -0.05) is 12.1 Å². The van der Waals surface area contributed by atoms with Crippen molar-refractivity contribution in [1.82, 2.24) is 4.57 Å². The summed E-state index contributed by atoms with van der Waals surface area (Å²) in [6.07, 6.45) is 2.79. The second kappa shape index (κ2) is 6.15. The van der Waals surface area contributed by atoms with Crippen LogP contribution in [0.2, 0.25) is 0 Å². The number of halogens is 3. The van der Waals surface area contributed by atoms with Crippen LogP contribution in [0, 0.1) is 11.3 Å². The normalized spacial score (nSPS) is 11.2. The summed E-state index contributed by atoms with van der Waals surface area (Å²) >= 11 is -0.243. The quantitative estimate of drug-likeness (QED) is 0.870. The molecule has 2 aromatic rings. The minimum atomic E-state index is -4.40. The van der Waals surface area contributed by atoms with E-state index in [-0.39, 0.29) is 28.8 Å². The Balaban J connectivity index is 2.39. The van der Waals surface area contributed by atoms with Gasteiger partial charge in [-0.15, -0.1) is 0 Å². The number of carbonyl (C=O) groups is 1. The molecule has 0 saturated heterocycles. The lowest BCUT2D eigenvalue weighted by Gasteiger charge is -2.07. The summed E-state index contributed by atoms with van der Waals surface area (Å²) in [5.74, 6) is -1.08. The molecule has 0 amide bonds. The lowest BCUT2D eigenvalue weighted by atomic mass is 10.1. The highest BCUT2D eigenvalue weighted by atomic mass is 32.2. The molecule has 22 heavy (non-hydrogen) atoms. The van der Waals surface area contributed by atoms with E-state index in [1.54, 1.807) is 6.07 Å². The molecule has 1 aromatic heterocycles. The first-order chi connectivity index (χ1) is 10.3. The van der Waals surface area contributed by atoms with Crippen molar-refractivity contribution in [3.8, 4) is 17.2 Å². The van der Waals surface area contributed by atoms with Gasteiger partial charge in [0, 0.05) is 22.9 Å². The van der Waals surface area contributed by atoms with Gasteiger partial charge in [-0.3, -0.25) is 4.79 Å². The van der Waals surface area contributed by atoms with Crippen molar-refractivity contribution >= 4 is 17.7 Å². The monoisotopic (exact) mass is 326 g/mol. The van der Waals surface area contributed by atoms with Crippen LogP contribution < -0.4 is 0 Å². The molecule has 0 aliphatic rings. The standard InChI is InChI=1S/C14H9F3N2O2S/c15-14(16,17)22-11-3-1-2-9(4-11)12-7-19(8-13(20)21)6-10(12)5-18/h1-4,6-7H,8H2,(H,20,21). The smallest absolute Gasteiger partial charge is 0.446 e. The molecule has 1 N–H and O–H groups in total. The number of benzene rings is 1. The molecule has 0 saturated carbocycles. The molecule has 0 fully saturated rings. The van der Waals surface area contributed by atoms with Crippen molar-refractivity contribution < 1.29 is 23.1 Å². The molecular weight excluding hydrogens is 317 g/mol. The van der Waals surface area contributed by atoms with Gasteiger partial charge in [-0.05, 0) is 29.5 Å². The fourth-order valence-electron chi connectivity index (χ4n) is 1.94. The number of aromatic nitrogens is 1. The van der Waals surface area contributed by atoms with Crippen molar-refractivity contribution in [1.29, 1.82) is 5.26 Å². The maximum Gasteiger partial charge on any atom is 0.446 e. The number of hydrogen-bond acceptors (Lipinski definition) is 3. The summed E-state index contributed by atoms with van der Waals surface area (Å²) in [6, 6.07) is 7.58. The van der Waals surface area contributed by atoms with Gasteiger partial charge in [-0.25, -0.2) is 0 Å². The van der Waals surface area contributed by atoms with Crippen molar-refractivity contribution in [2.75, 3.05) is 0 Å². The topological polar surface area (TPSA) is 66.0 Å². The number of aliphatic carboxylic acids is 1. The Morgan fingerprint density at radius 1 is 1.36 bits per heavy atom. The van der Waals surface area contributed by atoms with E-state index in [9.17, 15) is 18.0 Å². The van der Waals surface area contributed by atoms with Gasteiger partial charge in [0.05, 0.1) is 5.56 Å². The van der Waals surface area contributed by atoms with Crippen LogP contribution in [0.3, 0.4) is 0 Å². The molecule has 8 heteroatoms. The van der Waals surface area contributed by atoms with Crippen molar-refractivity contribution in [3.63, 3.8) is 0 Å². The van der Waals surface area contributed by atoms with E-state index in [0.717, 1.165) is 0 Å². The Morgan fingerprint density at radius 2 is 2.09 bits per heavy atom. The highest BCUT2D eigenvalue weighted by molar-refractivity contribution is 8.00. The van der Waals surface area contributed by atoms with Crippen molar-refractivity contribution in [2.45, 2.75) is 16.9 Å². The largest absolute Gasteiger partial charge is 0.480 e. The van der Waals surface area contributed by atoms with Crippen LogP contribution in [0.15, 0.2) is 41.6 Å². The van der Waals surface area contributed by atoms with Crippen LogP contribution in [0.25, 0.3) is 11.1 Å². The van der Waals surface area contributed by atoms with Crippen molar-refractivity contribution in [2.24, 2.45) is 0 Å². The molecule has 114 valence electrons. The van der Waals surface area contributed by atoms with Gasteiger partial charge in [0.2, 0.25) is 0 Å². The molecule has 1 aromatic carbocycles. The minimum absolute atomic E-state index is 0.000116. The first kappa shape index (κ1) is 16.0. The summed E-state index contributed by atoms with van der Waals surface area (Å²) in [5.41, 5.74) is -3.37. The Morgan fingerprint density at radius 3 is 2.68 bits per heavy atom. The first-order valence-corrected chi connectivity index (χ1v) is 6.78. The highest BCUT2D eigenvalue weighted by Gasteiger charge is 2.29. The second-order valence-electron chi connectivity index (χ2n) is 4.34. The third kappa shape index (κ3) is 4.05. The first-order valence-electron chi connectivity index (χ1n) is 5.96. The maximum atomic E-state index is 12.4. The predicted octanol–water partition coefficient (Wildman–Crippen LogP) is 3.72. The Labute approximate surface area is 127 Å². The van der Waals surface area contributed by atoms with Crippen LogP contribution >= 0.6 is 11.8 Å². The number of carboxylic acid groups (broad SMARTS) is 1. The predicted molar refractivity (Wildman–Crippen MR) is 74.1 cm³/mol. The Kier molecular flexibility index (Phi) is 4.47. The third-order valence-electron chi connectivity index (χ3n) is 2.70.